The number of nitrogens with one attached hydrogen (secondary N) is 2. The number of Topliss-reactive ketones (excluding diaryl/α,β-unsaturated/α-hetero) is 1. The van der Waals surface area contributed by atoms with Gasteiger partial charge in [0.05, 0.1) is 5.69 Å². The zero-order valence-corrected chi connectivity index (χ0v) is 9.42. The number of rotatable bonds is 3. The average Bonchev–Trinajstić information content (AvgIpc) is 2.32. The number of ketones is 1. The normalized spacial score (nSPS) is 16.2. The number of anilines is 1. The van der Waals surface area contributed by atoms with Gasteiger partial charge in [-0.05, 0) is 31.9 Å². The van der Waals surface area contributed by atoms with Crippen molar-refractivity contribution in [2.24, 2.45) is 0 Å². The molecule has 2 N–H and O–H groups in total. The smallest absolute Gasteiger partial charge is 0.160 e. The molecule has 16 heavy (non-hydrogen) atoms. The van der Waals surface area contributed by atoms with E-state index < -0.39 is 0 Å². The lowest BCUT2D eigenvalue weighted by Gasteiger charge is -2.19. The standard InChI is InChI=1S/C13H16N2O/c1-10-12(8-5-9-13(10)16)15-14-11-6-3-2-4-7-11/h2-4,6-7,14-15H,5,8-9H2,1H3. The lowest BCUT2D eigenvalue weighted by atomic mass is 9.96. The zero-order valence-electron chi connectivity index (χ0n) is 9.42. The van der Waals surface area contributed by atoms with Gasteiger partial charge in [0.2, 0.25) is 0 Å². The molecule has 84 valence electrons. The first-order chi connectivity index (χ1) is 7.77. The molecule has 1 aromatic rings. The number of carbonyl (C=O) groups excluding carboxylic acids is 1. The average molecular weight is 216 g/mol. The van der Waals surface area contributed by atoms with Crippen LogP contribution >= 0.6 is 0 Å². The number of hydrogen-bond acceptors (Lipinski definition) is 3. The third kappa shape index (κ3) is 2.42. The Morgan fingerprint density at radius 1 is 1.06 bits per heavy atom. The van der Waals surface area contributed by atoms with Crippen LogP contribution in [0.1, 0.15) is 26.2 Å². The second-order valence-electron chi connectivity index (χ2n) is 4.00. The van der Waals surface area contributed by atoms with Gasteiger partial charge in [-0.1, -0.05) is 18.2 Å². The van der Waals surface area contributed by atoms with E-state index in [1.54, 1.807) is 0 Å². The molecule has 0 heterocycles. The molecular weight excluding hydrogens is 200 g/mol. The Bertz CT molecular complexity index is 409. The van der Waals surface area contributed by atoms with Crippen LogP contribution in [-0.2, 0) is 4.79 Å². The topological polar surface area (TPSA) is 41.1 Å². The van der Waals surface area contributed by atoms with Crippen molar-refractivity contribution in [1.29, 1.82) is 0 Å². The first-order valence-electron chi connectivity index (χ1n) is 5.57. The minimum absolute atomic E-state index is 0.253. The molecule has 0 atom stereocenters. The van der Waals surface area contributed by atoms with Crippen LogP contribution in [0.2, 0.25) is 0 Å². The molecule has 1 aliphatic carbocycles. The SMILES string of the molecule is CC1=C(NNc2ccccc2)CCCC1=O. The summed E-state index contributed by atoms with van der Waals surface area (Å²) in [7, 11) is 0. The van der Waals surface area contributed by atoms with Gasteiger partial charge in [-0.3, -0.25) is 4.79 Å². The van der Waals surface area contributed by atoms with Crippen LogP contribution in [0, 0.1) is 0 Å². The fraction of sp³-hybridized carbons (Fsp3) is 0.308. The summed E-state index contributed by atoms with van der Waals surface area (Å²) >= 11 is 0. The highest BCUT2D eigenvalue weighted by molar-refractivity contribution is 5.96. The van der Waals surface area contributed by atoms with Gasteiger partial charge < -0.3 is 10.9 Å². The fourth-order valence-electron chi connectivity index (χ4n) is 1.79. The minimum atomic E-state index is 0.253. The zero-order chi connectivity index (χ0) is 11.4. The molecule has 0 fully saturated rings. The van der Waals surface area contributed by atoms with E-state index in [2.05, 4.69) is 10.9 Å². The van der Waals surface area contributed by atoms with Gasteiger partial charge >= 0.3 is 0 Å². The molecule has 3 nitrogen and oxygen atoms in total. The molecule has 1 aromatic carbocycles. The first-order valence-corrected chi connectivity index (χ1v) is 5.57. The molecule has 3 heteroatoms. The summed E-state index contributed by atoms with van der Waals surface area (Å²) in [6.07, 6.45) is 2.56. The lowest BCUT2D eigenvalue weighted by Crippen LogP contribution is -2.26. The van der Waals surface area contributed by atoms with Crippen LogP contribution in [0.25, 0.3) is 0 Å². The van der Waals surface area contributed by atoms with Crippen LogP contribution in [0.3, 0.4) is 0 Å². The number of para-hydroxylation sites is 1. The van der Waals surface area contributed by atoms with Crippen LogP contribution in [-0.4, -0.2) is 5.78 Å². The summed E-state index contributed by atoms with van der Waals surface area (Å²) < 4.78 is 0. The number of benzene rings is 1. The van der Waals surface area contributed by atoms with E-state index in [9.17, 15) is 4.79 Å². The maximum atomic E-state index is 11.5. The molecule has 0 radical (unpaired) electrons. The fourth-order valence-corrected chi connectivity index (χ4v) is 1.79. The summed E-state index contributed by atoms with van der Waals surface area (Å²) in [6, 6.07) is 9.87. The number of carbonyl (C=O) groups is 1. The molecule has 0 unspecified atom stereocenters. The minimum Gasteiger partial charge on any atom is -0.305 e. The molecule has 0 bridgehead atoms. The highest BCUT2D eigenvalue weighted by atomic mass is 16.1. The molecule has 0 aliphatic heterocycles. The highest BCUT2D eigenvalue weighted by Crippen LogP contribution is 2.19. The molecule has 2 rings (SSSR count). The van der Waals surface area contributed by atoms with Crippen LogP contribution in [0.15, 0.2) is 41.6 Å². The monoisotopic (exact) mass is 216 g/mol. The van der Waals surface area contributed by atoms with Gasteiger partial charge in [0.25, 0.3) is 0 Å². The van der Waals surface area contributed by atoms with Crippen molar-refractivity contribution in [3.05, 3.63) is 41.6 Å². The van der Waals surface area contributed by atoms with Gasteiger partial charge in [0.1, 0.15) is 0 Å². The van der Waals surface area contributed by atoms with Gasteiger partial charge in [0.15, 0.2) is 5.78 Å². The van der Waals surface area contributed by atoms with Crippen molar-refractivity contribution in [3.8, 4) is 0 Å². The van der Waals surface area contributed by atoms with Crippen molar-refractivity contribution in [1.82, 2.24) is 5.43 Å². The molecule has 0 saturated heterocycles. The maximum Gasteiger partial charge on any atom is 0.160 e. The Kier molecular flexibility index (Phi) is 3.25. The predicted octanol–water partition coefficient (Wildman–Crippen LogP) is 2.63. The number of allylic oxidation sites excluding steroid dienone is 2. The first kappa shape index (κ1) is 10.7. The highest BCUT2D eigenvalue weighted by Gasteiger charge is 2.16. The molecule has 0 saturated carbocycles. The Morgan fingerprint density at radius 2 is 1.81 bits per heavy atom. The molecular formula is C13H16N2O. The molecule has 1 aliphatic rings. The second-order valence-corrected chi connectivity index (χ2v) is 4.00. The second kappa shape index (κ2) is 4.84. The van der Waals surface area contributed by atoms with Crippen molar-refractivity contribution in [2.75, 3.05) is 5.43 Å². The van der Waals surface area contributed by atoms with E-state index in [-0.39, 0.29) is 5.78 Å². The Morgan fingerprint density at radius 3 is 2.56 bits per heavy atom. The molecule has 0 spiro atoms. The summed E-state index contributed by atoms with van der Waals surface area (Å²) in [5, 5.41) is 0. The summed E-state index contributed by atoms with van der Waals surface area (Å²) in [5.41, 5.74) is 9.10. The lowest BCUT2D eigenvalue weighted by molar-refractivity contribution is -0.116. The summed E-state index contributed by atoms with van der Waals surface area (Å²) in [4.78, 5) is 11.5. The van der Waals surface area contributed by atoms with Crippen molar-refractivity contribution >= 4 is 11.5 Å². The van der Waals surface area contributed by atoms with Crippen molar-refractivity contribution in [3.63, 3.8) is 0 Å². The van der Waals surface area contributed by atoms with Gasteiger partial charge in [-0.15, -0.1) is 0 Å². The largest absolute Gasteiger partial charge is 0.305 e. The van der Waals surface area contributed by atoms with Gasteiger partial charge in [-0.2, -0.15) is 0 Å². The van der Waals surface area contributed by atoms with E-state index >= 15 is 0 Å². The predicted molar refractivity (Wildman–Crippen MR) is 64.8 cm³/mol. The van der Waals surface area contributed by atoms with Crippen molar-refractivity contribution in [2.45, 2.75) is 26.2 Å². The number of hydrogen-bond donors (Lipinski definition) is 2. The van der Waals surface area contributed by atoms with E-state index in [0.717, 1.165) is 29.8 Å². The summed E-state index contributed by atoms with van der Waals surface area (Å²) in [5.74, 6) is 0.253. The van der Waals surface area contributed by atoms with Crippen LogP contribution < -0.4 is 10.9 Å². The number of hydrazine groups is 1. The Balaban J connectivity index is 2.00. The van der Waals surface area contributed by atoms with Crippen LogP contribution in [0.5, 0.6) is 0 Å². The van der Waals surface area contributed by atoms with Gasteiger partial charge in [0, 0.05) is 17.7 Å². The summed E-state index contributed by atoms with van der Waals surface area (Å²) in [6.45, 7) is 1.89. The van der Waals surface area contributed by atoms with E-state index in [1.165, 1.54) is 0 Å². The van der Waals surface area contributed by atoms with Gasteiger partial charge in [-0.25, -0.2) is 0 Å². The Hall–Kier alpha value is -1.77. The molecule has 0 amide bonds. The van der Waals surface area contributed by atoms with Crippen molar-refractivity contribution < 1.29 is 4.79 Å². The van der Waals surface area contributed by atoms with E-state index in [4.69, 9.17) is 0 Å². The molecule has 0 aromatic heterocycles. The van der Waals surface area contributed by atoms with E-state index in [1.807, 2.05) is 37.3 Å². The van der Waals surface area contributed by atoms with E-state index in [0.29, 0.717) is 6.42 Å². The quantitative estimate of drug-likeness (QED) is 0.763. The Labute approximate surface area is 95.5 Å². The third-order valence-electron chi connectivity index (χ3n) is 2.83. The third-order valence-corrected chi connectivity index (χ3v) is 2.83. The van der Waals surface area contributed by atoms with Crippen LogP contribution in [0.4, 0.5) is 5.69 Å². The maximum absolute atomic E-state index is 11.5.